The van der Waals surface area contributed by atoms with Crippen molar-refractivity contribution in [1.29, 1.82) is 0 Å². The summed E-state index contributed by atoms with van der Waals surface area (Å²) in [5, 5.41) is 12.1. The highest BCUT2D eigenvalue weighted by Gasteiger charge is 2.27. The van der Waals surface area contributed by atoms with Crippen LogP contribution in [0.4, 0.5) is 0 Å². The number of carboxylic acid groups (broad SMARTS) is 1. The second kappa shape index (κ2) is 7.32. The first-order valence-electron chi connectivity index (χ1n) is 6.97. The van der Waals surface area contributed by atoms with E-state index in [4.69, 9.17) is 0 Å². The molecule has 2 atom stereocenters. The largest absolute Gasteiger partial charge is 0.481 e. The number of halogens is 1. The third-order valence-electron chi connectivity index (χ3n) is 3.41. The summed E-state index contributed by atoms with van der Waals surface area (Å²) in [7, 11) is 0. The molecule has 0 aliphatic heterocycles. The standard InChI is InChI=1S/C16H16BrN3O3/c1-9(16(22)23)14(11-3-5-12(17)6-4-11)20-15(21)13-7-8-18-10(2)19-13/h3-9,14H,1-2H3,(H,20,21)(H,22,23). The predicted octanol–water partition coefficient (Wildman–Crippen LogP) is 2.74. The van der Waals surface area contributed by atoms with Crippen molar-refractivity contribution in [2.75, 3.05) is 0 Å². The van der Waals surface area contributed by atoms with E-state index >= 15 is 0 Å². The van der Waals surface area contributed by atoms with Crippen molar-refractivity contribution >= 4 is 27.8 Å². The number of nitrogens with zero attached hydrogens (tertiary/aromatic N) is 2. The summed E-state index contributed by atoms with van der Waals surface area (Å²) in [6, 6.07) is 7.99. The van der Waals surface area contributed by atoms with Crippen LogP contribution in [0.5, 0.6) is 0 Å². The topological polar surface area (TPSA) is 92.2 Å². The number of nitrogens with one attached hydrogen (secondary N) is 1. The summed E-state index contributed by atoms with van der Waals surface area (Å²) < 4.78 is 0.876. The summed E-state index contributed by atoms with van der Waals surface area (Å²) in [6.45, 7) is 3.24. The average molecular weight is 378 g/mol. The maximum Gasteiger partial charge on any atom is 0.308 e. The van der Waals surface area contributed by atoms with Crippen molar-refractivity contribution in [2.24, 2.45) is 5.92 Å². The van der Waals surface area contributed by atoms with Gasteiger partial charge in [-0.3, -0.25) is 9.59 Å². The lowest BCUT2D eigenvalue weighted by atomic mass is 9.94. The number of hydrogen-bond donors (Lipinski definition) is 2. The number of aromatic nitrogens is 2. The number of carbonyl (C=O) groups is 2. The van der Waals surface area contributed by atoms with Gasteiger partial charge in [0, 0.05) is 10.7 Å². The van der Waals surface area contributed by atoms with Gasteiger partial charge in [-0.1, -0.05) is 28.1 Å². The first-order chi connectivity index (χ1) is 10.9. The number of benzene rings is 1. The Morgan fingerprint density at radius 3 is 2.43 bits per heavy atom. The highest BCUT2D eigenvalue weighted by Crippen LogP contribution is 2.24. The number of hydrogen-bond acceptors (Lipinski definition) is 4. The molecule has 0 fully saturated rings. The molecule has 23 heavy (non-hydrogen) atoms. The maximum absolute atomic E-state index is 12.4. The highest BCUT2D eigenvalue weighted by atomic mass is 79.9. The summed E-state index contributed by atoms with van der Waals surface area (Å²) >= 11 is 3.34. The van der Waals surface area contributed by atoms with Crippen molar-refractivity contribution in [3.63, 3.8) is 0 Å². The van der Waals surface area contributed by atoms with Gasteiger partial charge in [-0.05, 0) is 37.6 Å². The van der Waals surface area contributed by atoms with Crippen molar-refractivity contribution in [3.8, 4) is 0 Å². The molecule has 7 heteroatoms. The molecule has 1 heterocycles. The zero-order valence-electron chi connectivity index (χ0n) is 12.7. The zero-order valence-corrected chi connectivity index (χ0v) is 14.2. The first-order valence-corrected chi connectivity index (χ1v) is 7.76. The van der Waals surface area contributed by atoms with Crippen LogP contribution in [0.3, 0.4) is 0 Å². The maximum atomic E-state index is 12.4. The summed E-state index contributed by atoms with van der Waals surface area (Å²) in [4.78, 5) is 31.7. The Bertz CT molecular complexity index is 719. The van der Waals surface area contributed by atoms with Gasteiger partial charge in [-0.25, -0.2) is 9.97 Å². The molecule has 0 bridgehead atoms. The van der Waals surface area contributed by atoms with Crippen LogP contribution in [0.2, 0.25) is 0 Å². The molecule has 0 spiro atoms. The van der Waals surface area contributed by atoms with Crippen molar-refractivity contribution in [3.05, 3.63) is 58.1 Å². The molecule has 0 aliphatic carbocycles. The second-order valence-electron chi connectivity index (χ2n) is 5.12. The fraction of sp³-hybridized carbons (Fsp3) is 0.250. The predicted molar refractivity (Wildman–Crippen MR) is 87.9 cm³/mol. The molecule has 120 valence electrons. The first kappa shape index (κ1) is 17.1. The summed E-state index contributed by atoms with van der Waals surface area (Å²) in [5.41, 5.74) is 0.916. The lowest BCUT2D eigenvalue weighted by Crippen LogP contribution is -2.36. The second-order valence-corrected chi connectivity index (χ2v) is 6.03. The van der Waals surface area contributed by atoms with E-state index in [9.17, 15) is 14.7 Å². The fourth-order valence-electron chi connectivity index (χ4n) is 2.11. The SMILES string of the molecule is Cc1nccc(C(=O)NC(c2ccc(Br)cc2)C(C)C(=O)O)n1. The molecule has 2 N–H and O–H groups in total. The lowest BCUT2D eigenvalue weighted by Gasteiger charge is -2.23. The van der Waals surface area contributed by atoms with Gasteiger partial charge >= 0.3 is 5.97 Å². The number of carbonyl (C=O) groups excluding carboxylic acids is 1. The van der Waals surface area contributed by atoms with Crippen LogP contribution in [0, 0.1) is 12.8 Å². The van der Waals surface area contributed by atoms with Crippen molar-refractivity contribution in [1.82, 2.24) is 15.3 Å². The molecule has 0 saturated heterocycles. The Kier molecular flexibility index (Phi) is 5.44. The average Bonchev–Trinajstić information content (AvgIpc) is 2.52. The van der Waals surface area contributed by atoms with E-state index in [1.165, 1.54) is 12.3 Å². The molecule has 2 rings (SSSR count). The molecule has 0 saturated carbocycles. The number of rotatable bonds is 5. The Labute approximate surface area is 142 Å². The van der Waals surface area contributed by atoms with E-state index in [1.807, 2.05) is 0 Å². The molecule has 1 aromatic carbocycles. The van der Waals surface area contributed by atoms with Crippen LogP contribution in [0.25, 0.3) is 0 Å². The van der Waals surface area contributed by atoms with Crippen LogP contribution in [0.1, 0.15) is 34.8 Å². The monoisotopic (exact) mass is 377 g/mol. The molecule has 0 aliphatic rings. The lowest BCUT2D eigenvalue weighted by molar-refractivity contribution is -0.142. The molecule has 2 aromatic rings. The van der Waals surface area contributed by atoms with Crippen LogP contribution >= 0.6 is 15.9 Å². The third-order valence-corrected chi connectivity index (χ3v) is 3.94. The molecule has 0 radical (unpaired) electrons. The Balaban J connectivity index is 2.29. The third kappa shape index (κ3) is 4.35. The van der Waals surface area contributed by atoms with Gasteiger partial charge < -0.3 is 10.4 Å². The smallest absolute Gasteiger partial charge is 0.308 e. The molecule has 1 amide bonds. The van der Waals surface area contributed by atoms with Crippen LogP contribution < -0.4 is 5.32 Å². The number of amides is 1. The molecular formula is C16H16BrN3O3. The number of aryl methyl sites for hydroxylation is 1. The number of aliphatic carboxylic acids is 1. The van der Waals surface area contributed by atoms with E-state index < -0.39 is 23.8 Å². The van der Waals surface area contributed by atoms with Gasteiger partial charge in [0.05, 0.1) is 12.0 Å². The van der Waals surface area contributed by atoms with Gasteiger partial charge in [-0.15, -0.1) is 0 Å². The molecular weight excluding hydrogens is 362 g/mol. The Morgan fingerprint density at radius 2 is 1.87 bits per heavy atom. The minimum atomic E-state index is -0.989. The normalized spacial score (nSPS) is 13.2. The summed E-state index contributed by atoms with van der Waals surface area (Å²) in [6.07, 6.45) is 1.49. The van der Waals surface area contributed by atoms with Crippen LogP contribution in [0.15, 0.2) is 41.0 Å². The zero-order chi connectivity index (χ0) is 17.0. The van der Waals surface area contributed by atoms with Gasteiger partial charge in [0.15, 0.2) is 0 Å². The molecule has 6 nitrogen and oxygen atoms in total. The number of carboxylic acids is 1. The molecule has 2 unspecified atom stereocenters. The quantitative estimate of drug-likeness (QED) is 0.835. The molecule has 1 aromatic heterocycles. The Morgan fingerprint density at radius 1 is 1.22 bits per heavy atom. The van der Waals surface area contributed by atoms with Gasteiger partial charge in [0.25, 0.3) is 5.91 Å². The minimum absolute atomic E-state index is 0.206. The van der Waals surface area contributed by atoms with E-state index in [0.717, 1.165) is 4.47 Å². The Hall–Kier alpha value is -2.28. The van der Waals surface area contributed by atoms with E-state index in [0.29, 0.717) is 11.4 Å². The van der Waals surface area contributed by atoms with Gasteiger partial charge in [0.1, 0.15) is 11.5 Å². The van der Waals surface area contributed by atoms with E-state index in [-0.39, 0.29) is 5.69 Å². The summed E-state index contributed by atoms with van der Waals surface area (Å²) in [5.74, 6) is -1.74. The van der Waals surface area contributed by atoms with Crippen molar-refractivity contribution < 1.29 is 14.7 Å². The van der Waals surface area contributed by atoms with E-state index in [1.54, 1.807) is 38.1 Å². The van der Waals surface area contributed by atoms with Crippen molar-refractivity contribution in [2.45, 2.75) is 19.9 Å². The van der Waals surface area contributed by atoms with Gasteiger partial charge in [-0.2, -0.15) is 0 Å². The van der Waals surface area contributed by atoms with Crippen LogP contribution in [-0.2, 0) is 4.79 Å². The fourth-order valence-corrected chi connectivity index (χ4v) is 2.37. The van der Waals surface area contributed by atoms with Gasteiger partial charge in [0.2, 0.25) is 0 Å². The minimum Gasteiger partial charge on any atom is -0.481 e. The van der Waals surface area contributed by atoms with Crippen LogP contribution in [-0.4, -0.2) is 27.0 Å². The van der Waals surface area contributed by atoms with E-state index in [2.05, 4.69) is 31.2 Å². The highest BCUT2D eigenvalue weighted by molar-refractivity contribution is 9.10.